The highest BCUT2D eigenvalue weighted by atomic mass is 35.5. The Morgan fingerprint density at radius 3 is 2.67 bits per heavy atom. The summed E-state index contributed by atoms with van der Waals surface area (Å²) >= 11 is 7.80. The van der Waals surface area contributed by atoms with Gasteiger partial charge in [-0.25, -0.2) is 0 Å². The maximum Gasteiger partial charge on any atom is 0.274 e. The van der Waals surface area contributed by atoms with Gasteiger partial charge in [-0.2, -0.15) is 4.98 Å². The normalized spacial score (nSPS) is 11.3. The maximum absolute atomic E-state index is 11.9. The molecule has 0 radical (unpaired) electrons. The fourth-order valence-corrected chi connectivity index (χ4v) is 3.72. The third-order valence-corrected chi connectivity index (χ3v) is 4.71. The molecule has 0 spiro atoms. The van der Waals surface area contributed by atoms with Gasteiger partial charge in [-0.3, -0.25) is 9.20 Å². The minimum Gasteiger partial charge on any atom is -0.284 e. The van der Waals surface area contributed by atoms with E-state index < -0.39 is 0 Å². The summed E-state index contributed by atoms with van der Waals surface area (Å²) in [5.41, 5.74) is 2.38. The Hall–Kier alpha value is -2.17. The Balaban J connectivity index is 2.23. The summed E-state index contributed by atoms with van der Waals surface area (Å²) in [7, 11) is 0. The number of fused-ring (bicyclic) bond motifs is 3. The second-order valence-corrected chi connectivity index (χ2v) is 6.06. The number of hydrogen-bond donors (Lipinski definition) is 0. The van der Waals surface area contributed by atoms with Crippen molar-refractivity contribution >= 4 is 38.1 Å². The van der Waals surface area contributed by atoms with Gasteiger partial charge >= 0.3 is 0 Å². The molecule has 2 aromatic carbocycles. The van der Waals surface area contributed by atoms with Crippen molar-refractivity contribution < 1.29 is 0 Å². The number of thiazole rings is 1. The third-order valence-electron chi connectivity index (χ3n) is 3.36. The molecule has 0 N–H and O–H groups in total. The van der Waals surface area contributed by atoms with Crippen LogP contribution < -0.4 is 5.56 Å². The average molecular weight is 313 g/mol. The second kappa shape index (κ2) is 4.69. The van der Waals surface area contributed by atoms with Gasteiger partial charge in [0.1, 0.15) is 0 Å². The van der Waals surface area contributed by atoms with E-state index in [4.69, 9.17) is 11.6 Å². The smallest absolute Gasteiger partial charge is 0.274 e. The summed E-state index contributed by atoms with van der Waals surface area (Å²) in [6, 6.07) is 17.0. The molecule has 0 aliphatic carbocycles. The Labute approximate surface area is 129 Å². The van der Waals surface area contributed by atoms with Crippen molar-refractivity contribution in [1.82, 2.24) is 9.38 Å². The first-order valence-corrected chi connectivity index (χ1v) is 7.60. The Morgan fingerprint density at radius 1 is 1.05 bits per heavy atom. The zero-order valence-corrected chi connectivity index (χ0v) is 12.4. The molecule has 0 atom stereocenters. The molecule has 3 nitrogen and oxygen atoms in total. The van der Waals surface area contributed by atoms with Crippen LogP contribution in [0.25, 0.3) is 26.4 Å². The third kappa shape index (κ3) is 1.95. The van der Waals surface area contributed by atoms with Crippen LogP contribution in [0.5, 0.6) is 0 Å². The highest BCUT2D eigenvalue weighted by molar-refractivity contribution is 7.23. The van der Waals surface area contributed by atoms with Gasteiger partial charge in [0.25, 0.3) is 5.56 Å². The molecule has 0 aliphatic heterocycles. The van der Waals surface area contributed by atoms with Crippen LogP contribution in [0, 0.1) is 0 Å². The van der Waals surface area contributed by atoms with Gasteiger partial charge < -0.3 is 0 Å². The van der Waals surface area contributed by atoms with Crippen molar-refractivity contribution in [3.8, 4) is 11.3 Å². The van der Waals surface area contributed by atoms with Crippen LogP contribution in [0.4, 0.5) is 0 Å². The number of nitrogens with zero attached hydrogens (tertiary/aromatic N) is 2. The molecule has 0 bridgehead atoms. The van der Waals surface area contributed by atoms with E-state index in [0.717, 1.165) is 21.5 Å². The molecule has 2 aromatic heterocycles. The lowest BCUT2D eigenvalue weighted by atomic mass is 10.1. The zero-order chi connectivity index (χ0) is 14.4. The minimum atomic E-state index is -0.253. The molecule has 2 heterocycles. The van der Waals surface area contributed by atoms with E-state index in [-0.39, 0.29) is 5.56 Å². The van der Waals surface area contributed by atoms with Crippen molar-refractivity contribution in [2.45, 2.75) is 0 Å². The number of rotatable bonds is 1. The summed E-state index contributed by atoms with van der Waals surface area (Å²) in [4.78, 5) is 16.7. The van der Waals surface area contributed by atoms with E-state index in [1.54, 1.807) is 0 Å². The predicted octanol–water partition coefficient (Wildman–Crippen LogP) is 4.23. The fraction of sp³-hybridized carbons (Fsp3) is 0. The molecule has 0 fully saturated rings. The van der Waals surface area contributed by atoms with Gasteiger partial charge in [-0.15, -0.1) is 0 Å². The summed E-state index contributed by atoms with van der Waals surface area (Å²) < 4.78 is 3.08. The summed E-state index contributed by atoms with van der Waals surface area (Å²) in [6.07, 6.45) is 0. The summed E-state index contributed by atoms with van der Waals surface area (Å²) in [5.74, 6) is 0. The van der Waals surface area contributed by atoms with E-state index in [1.165, 1.54) is 17.4 Å². The molecular formula is C16H9ClN2OS. The number of hydrogen-bond acceptors (Lipinski definition) is 3. The Kier molecular flexibility index (Phi) is 2.80. The second-order valence-electron chi connectivity index (χ2n) is 4.65. The Morgan fingerprint density at radius 2 is 1.81 bits per heavy atom. The molecule has 0 unspecified atom stereocenters. The van der Waals surface area contributed by atoms with Crippen molar-refractivity contribution in [3.63, 3.8) is 0 Å². The van der Waals surface area contributed by atoms with Crippen molar-refractivity contribution in [1.29, 1.82) is 0 Å². The SMILES string of the molecule is O=c1cc(-c2ccccc2Cl)n2c(n1)sc1ccccc12. The first-order chi connectivity index (χ1) is 10.2. The van der Waals surface area contributed by atoms with E-state index >= 15 is 0 Å². The molecule has 102 valence electrons. The lowest BCUT2D eigenvalue weighted by Crippen LogP contribution is -2.08. The van der Waals surface area contributed by atoms with E-state index in [9.17, 15) is 4.79 Å². The lowest BCUT2D eigenvalue weighted by Gasteiger charge is -2.07. The molecule has 4 aromatic rings. The van der Waals surface area contributed by atoms with Crippen LogP contribution in [0.1, 0.15) is 0 Å². The average Bonchev–Trinajstić information content (AvgIpc) is 2.85. The van der Waals surface area contributed by atoms with Gasteiger partial charge in [0.2, 0.25) is 0 Å². The van der Waals surface area contributed by atoms with Crippen LogP contribution in [0.2, 0.25) is 5.02 Å². The largest absolute Gasteiger partial charge is 0.284 e. The lowest BCUT2D eigenvalue weighted by molar-refractivity contribution is 1.15. The topological polar surface area (TPSA) is 34.4 Å². The van der Waals surface area contributed by atoms with Gasteiger partial charge in [-0.1, -0.05) is 53.3 Å². The van der Waals surface area contributed by atoms with Crippen LogP contribution in [0.3, 0.4) is 0 Å². The molecule has 21 heavy (non-hydrogen) atoms. The van der Waals surface area contributed by atoms with Crippen LogP contribution >= 0.6 is 22.9 Å². The van der Waals surface area contributed by atoms with Crippen LogP contribution in [-0.4, -0.2) is 9.38 Å². The van der Waals surface area contributed by atoms with E-state index in [0.29, 0.717) is 9.98 Å². The van der Waals surface area contributed by atoms with Gasteiger partial charge in [0, 0.05) is 16.7 Å². The number of benzene rings is 2. The first kappa shape index (κ1) is 12.6. The van der Waals surface area contributed by atoms with Crippen LogP contribution in [0.15, 0.2) is 59.4 Å². The molecule has 0 aliphatic rings. The maximum atomic E-state index is 11.9. The molecule has 4 rings (SSSR count). The molecular weight excluding hydrogens is 304 g/mol. The number of para-hydroxylation sites is 1. The Bertz CT molecular complexity index is 1040. The van der Waals surface area contributed by atoms with E-state index in [2.05, 4.69) is 4.98 Å². The first-order valence-electron chi connectivity index (χ1n) is 6.40. The van der Waals surface area contributed by atoms with E-state index in [1.807, 2.05) is 52.9 Å². The van der Waals surface area contributed by atoms with Crippen molar-refractivity contribution in [2.75, 3.05) is 0 Å². The standard InChI is InChI=1S/C16H9ClN2OS/c17-11-6-2-1-5-10(11)13-9-15(20)18-16-19(13)12-7-3-4-8-14(12)21-16/h1-9H. The van der Waals surface area contributed by atoms with Gasteiger partial charge in [0.05, 0.1) is 15.9 Å². The highest BCUT2D eigenvalue weighted by Gasteiger charge is 2.13. The molecule has 5 heteroatoms. The monoisotopic (exact) mass is 312 g/mol. The zero-order valence-electron chi connectivity index (χ0n) is 10.8. The van der Waals surface area contributed by atoms with Gasteiger partial charge in [-0.05, 0) is 18.2 Å². The highest BCUT2D eigenvalue weighted by Crippen LogP contribution is 2.32. The predicted molar refractivity (Wildman–Crippen MR) is 87.3 cm³/mol. The summed E-state index contributed by atoms with van der Waals surface area (Å²) in [6.45, 7) is 0. The summed E-state index contributed by atoms with van der Waals surface area (Å²) in [5, 5.41) is 0.618. The fourth-order valence-electron chi connectivity index (χ4n) is 2.46. The quantitative estimate of drug-likeness (QED) is 0.527. The number of halogens is 1. The number of aromatic nitrogens is 2. The molecule has 0 saturated carbocycles. The van der Waals surface area contributed by atoms with Gasteiger partial charge in [0.15, 0.2) is 4.96 Å². The minimum absolute atomic E-state index is 0.253. The molecule has 0 saturated heterocycles. The molecule has 0 amide bonds. The van der Waals surface area contributed by atoms with Crippen molar-refractivity contribution in [3.05, 3.63) is 70.0 Å². The van der Waals surface area contributed by atoms with Crippen molar-refractivity contribution in [2.24, 2.45) is 0 Å². The van der Waals surface area contributed by atoms with Crippen LogP contribution in [-0.2, 0) is 0 Å².